The van der Waals surface area contributed by atoms with E-state index in [-0.39, 0.29) is 37.0 Å². The van der Waals surface area contributed by atoms with Crippen LogP contribution < -0.4 is 23.6 Å². The molecule has 2 aromatic carbocycles. The Hall–Kier alpha value is -1.03. The molecule has 0 spiro atoms. The van der Waals surface area contributed by atoms with Crippen molar-refractivity contribution in [2.75, 3.05) is 13.2 Å². The number of aliphatic hydroxyl groups is 1. The second-order valence-corrected chi connectivity index (χ2v) is 5.08. The van der Waals surface area contributed by atoms with Gasteiger partial charge in [0.1, 0.15) is 22.5 Å². The van der Waals surface area contributed by atoms with Crippen molar-refractivity contribution >= 4 is 20.9 Å². The molecule has 0 aliphatic rings. The Bertz CT molecular complexity index is 669. The summed E-state index contributed by atoms with van der Waals surface area (Å²) in [4.78, 5) is -0.251. The van der Waals surface area contributed by atoms with Gasteiger partial charge in [0, 0.05) is 0 Å². The Labute approximate surface area is 123 Å². The van der Waals surface area contributed by atoms with Gasteiger partial charge < -0.3 is 14.4 Å². The molecule has 2 rings (SSSR count). The zero-order valence-electron chi connectivity index (χ0n) is 10.4. The standard InChI is InChI=1S/C12H12O5S.Li/c13-5-6-17-11-3-1-10-8-12(18(14,15)16)4-2-9(10)7-11;/h1-4,7-8,13H,5-6H2,(H,14,15,16);/q;+1/p-1. The van der Waals surface area contributed by atoms with Crippen LogP contribution in [0.1, 0.15) is 0 Å². The molecule has 0 heterocycles. The Kier molecular flexibility index (Phi) is 5.41. The Morgan fingerprint density at radius 2 is 1.74 bits per heavy atom. The molecule has 1 N–H and O–H groups in total. The molecule has 0 saturated carbocycles. The van der Waals surface area contributed by atoms with Gasteiger partial charge in [-0.2, -0.15) is 0 Å². The van der Waals surface area contributed by atoms with E-state index in [9.17, 15) is 13.0 Å². The van der Waals surface area contributed by atoms with Crippen molar-refractivity contribution in [1.29, 1.82) is 0 Å². The van der Waals surface area contributed by atoms with Gasteiger partial charge in [-0.15, -0.1) is 0 Å². The number of fused-ring (bicyclic) bond motifs is 1. The van der Waals surface area contributed by atoms with Gasteiger partial charge in [0.25, 0.3) is 0 Å². The number of ether oxygens (including phenoxy) is 1. The largest absolute Gasteiger partial charge is 1.00 e. The van der Waals surface area contributed by atoms with Gasteiger partial charge in [-0.3, -0.25) is 0 Å². The zero-order valence-corrected chi connectivity index (χ0v) is 11.2. The van der Waals surface area contributed by atoms with E-state index in [0.717, 1.165) is 5.39 Å². The van der Waals surface area contributed by atoms with Crippen LogP contribution in [0, 0.1) is 0 Å². The molecule has 0 amide bonds. The average Bonchev–Trinajstić information content (AvgIpc) is 2.34. The van der Waals surface area contributed by atoms with Gasteiger partial charge in [-0.1, -0.05) is 12.1 Å². The number of aliphatic hydroxyl groups excluding tert-OH is 1. The molecule has 0 aromatic heterocycles. The summed E-state index contributed by atoms with van der Waals surface area (Å²) in [6.45, 7) is 0.115. The van der Waals surface area contributed by atoms with Crippen LogP contribution in [0.3, 0.4) is 0 Å². The van der Waals surface area contributed by atoms with Crippen LogP contribution >= 0.6 is 0 Å². The third-order valence-corrected chi connectivity index (χ3v) is 3.26. The molecule has 0 aliphatic carbocycles. The van der Waals surface area contributed by atoms with E-state index < -0.39 is 10.1 Å². The van der Waals surface area contributed by atoms with Gasteiger partial charge in [0.15, 0.2) is 0 Å². The molecule has 0 saturated heterocycles. The van der Waals surface area contributed by atoms with Crippen LogP contribution in [0.2, 0.25) is 0 Å². The van der Waals surface area contributed by atoms with Crippen molar-refractivity contribution in [3.8, 4) is 5.75 Å². The first-order valence-electron chi connectivity index (χ1n) is 5.24. The number of hydrogen-bond donors (Lipinski definition) is 1. The summed E-state index contributed by atoms with van der Waals surface area (Å²) in [5.74, 6) is 0.578. The van der Waals surface area contributed by atoms with Crippen molar-refractivity contribution in [3.05, 3.63) is 36.4 Å². The minimum atomic E-state index is -4.43. The van der Waals surface area contributed by atoms with Crippen LogP contribution in [0.5, 0.6) is 5.75 Å². The van der Waals surface area contributed by atoms with Crippen molar-refractivity contribution in [2.24, 2.45) is 0 Å². The van der Waals surface area contributed by atoms with Crippen LogP contribution in [-0.4, -0.2) is 31.3 Å². The second-order valence-electron chi connectivity index (χ2n) is 3.70. The molecule has 7 heteroatoms. The van der Waals surface area contributed by atoms with Crippen molar-refractivity contribution in [2.45, 2.75) is 4.90 Å². The minimum absolute atomic E-state index is 0. The van der Waals surface area contributed by atoms with Crippen LogP contribution in [0.4, 0.5) is 0 Å². The summed E-state index contributed by atoms with van der Waals surface area (Å²) in [7, 11) is -4.43. The molecule has 96 valence electrons. The summed E-state index contributed by atoms with van der Waals surface area (Å²) in [5, 5.41) is 10.0. The maximum Gasteiger partial charge on any atom is 1.00 e. The van der Waals surface area contributed by atoms with Crippen LogP contribution in [0.15, 0.2) is 41.3 Å². The van der Waals surface area contributed by atoms with Crippen molar-refractivity contribution in [1.82, 2.24) is 0 Å². The molecule has 0 aliphatic heterocycles. The molecule has 0 bridgehead atoms. The summed E-state index contributed by atoms with van der Waals surface area (Å²) < 4.78 is 37.9. The third kappa shape index (κ3) is 3.96. The molecule has 2 aromatic rings. The fourth-order valence-electron chi connectivity index (χ4n) is 1.61. The van der Waals surface area contributed by atoms with E-state index in [4.69, 9.17) is 9.84 Å². The molecular formula is C12H11LiO5S. The monoisotopic (exact) mass is 274 g/mol. The third-order valence-electron chi connectivity index (χ3n) is 2.43. The fraction of sp³-hybridized carbons (Fsp3) is 0.167. The molecule has 0 radical (unpaired) electrons. The van der Waals surface area contributed by atoms with E-state index in [1.807, 2.05) is 0 Å². The van der Waals surface area contributed by atoms with Gasteiger partial charge in [0.2, 0.25) is 0 Å². The predicted octanol–water partition coefficient (Wildman–Crippen LogP) is -1.88. The van der Waals surface area contributed by atoms with Gasteiger partial charge in [-0.05, 0) is 35.0 Å². The quantitative estimate of drug-likeness (QED) is 0.521. The molecule has 0 atom stereocenters. The molecule has 5 nitrogen and oxygen atoms in total. The Balaban J connectivity index is 0.00000180. The predicted molar refractivity (Wildman–Crippen MR) is 64.5 cm³/mol. The topological polar surface area (TPSA) is 86.7 Å². The van der Waals surface area contributed by atoms with Crippen LogP contribution in [-0.2, 0) is 10.1 Å². The number of hydrogen-bond acceptors (Lipinski definition) is 5. The number of rotatable bonds is 4. The van der Waals surface area contributed by atoms with Gasteiger partial charge >= 0.3 is 18.9 Å². The maximum atomic E-state index is 10.9. The molecule has 0 unspecified atom stereocenters. The Morgan fingerprint density at radius 3 is 2.37 bits per heavy atom. The van der Waals surface area contributed by atoms with E-state index in [1.165, 1.54) is 12.1 Å². The Morgan fingerprint density at radius 1 is 1.11 bits per heavy atom. The second kappa shape index (κ2) is 6.42. The normalized spacial score (nSPS) is 11.1. The smallest absolute Gasteiger partial charge is 0.744 e. The molecule has 0 fully saturated rings. The SMILES string of the molecule is O=S(=O)([O-])c1ccc2cc(OCCO)ccc2c1.[Li+]. The van der Waals surface area contributed by atoms with Crippen molar-refractivity contribution < 1.29 is 41.7 Å². The van der Waals surface area contributed by atoms with Crippen LogP contribution in [0.25, 0.3) is 10.8 Å². The minimum Gasteiger partial charge on any atom is -0.744 e. The van der Waals surface area contributed by atoms with E-state index >= 15 is 0 Å². The fourth-order valence-corrected chi connectivity index (χ4v) is 2.12. The number of benzene rings is 2. The summed E-state index contributed by atoms with van der Waals surface area (Å²) in [5.41, 5.74) is 0. The summed E-state index contributed by atoms with van der Waals surface area (Å²) >= 11 is 0. The average molecular weight is 274 g/mol. The first-order chi connectivity index (χ1) is 8.50. The summed E-state index contributed by atoms with van der Waals surface area (Å²) in [6, 6.07) is 9.17. The van der Waals surface area contributed by atoms with Gasteiger partial charge in [-0.25, -0.2) is 8.42 Å². The van der Waals surface area contributed by atoms with E-state index in [1.54, 1.807) is 24.3 Å². The summed E-state index contributed by atoms with van der Waals surface area (Å²) in [6.07, 6.45) is 0. The maximum absolute atomic E-state index is 10.9. The van der Waals surface area contributed by atoms with Gasteiger partial charge in [0.05, 0.1) is 11.5 Å². The zero-order chi connectivity index (χ0) is 13.2. The van der Waals surface area contributed by atoms with E-state index in [0.29, 0.717) is 11.1 Å². The first-order valence-corrected chi connectivity index (χ1v) is 6.65. The first kappa shape index (κ1) is 16.0. The molecular weight excluding hydrogens is 263 g/mol. The molecule has 19 heavy (non-hydrogen) atoms. The van der Waals surface area contributed by atoms with E-state index in [2.05, 4.69) is 0 Å². The van der Waals surface area contributed by atoms with Crippen molar-refractivity contribution in [3.63, 3.8) is 0 Å².